The number of sulfonamides is 1. The number of ether oxygens (including phenoxy) is 2. The number of amides is 1. The van der Waals surface area contributed by atoms with E-state index in [0.717, 1.165) is 31.9 Å². The van der Waals surface area contributed by atoms with Crippen LogP contribution in [0.5, 0.6) is 5.75 Å². The van der Waals surface area contributed by atoms with Gasteiger partial charge in [0.2, 0.25) is 10.0 Å². The maximum absolute atomic E-state index is 14.6. The fourth-order valence-electron chi connectivity index (χ4n) is 4.80. The molecule has 5 rings (SSSR count). The lowest BCUT2D eigenvalue weighted by Crippen LogP contribution is -2.50. The molecule has 2 fully saturated rings. The van der Waals surface area contributed by atoms with Gasteiger partial charge in [-0.2, -0.15) is 0 Å². The van der Waals surface area contributed by atoms with Gasteiger partial charge < -0.3 is 14.4 Å². The van der Waals surface area contributed by atoms with Crippen molar-refractivity contribution in [2.45, 2.75) is 56.2 Å². The van der Waals surface area contributed by atoms with E-state index in [0.29, 0.717) is 24.3 Å². The van der Waals surface area contributed by atoms with Crippen molar-refractivity contribution in [1.29, 1.82) is 0 Å². The number of carbonyl (C=O) groups is 1. The van der Waals surface area contributed by atoms with Crippen LogP contribution in [0.2, 0.25) is 0 Å². The number of rotatable bonds is 2. The van der Waals surface area contributed by atoms with E-state index in [4.69, 9.17) is 9.47 Å². The molecule has 3 aliphatic heterocycles. The van der Waals surface area contributed by atoms with Crippen molar-refractivity contribution in [2.24, 2.45) is 0 Å². The van der Waals surface area contributed by atoms with Gasteiger partial charge >= 0.3 is 0 Å². The molecule has 160 valence electrons. The largest absolute Gasteiger partial charge is 0.483 e. The molecular weight excluding hydrogens is 399 g/mol. The van der Waals surface area contributed by atoms with Gasteiger partial charge in [0.25, 0.3) is 5.91 Å². The highest BCUT2D eigenvalue weighted by Gasteiger charge is 2.40. The SMILES string of the molecule is CS(=O)(=O)N[C@H]1CCN2C(=O)COc3cccc(F)c3C3CCC(CC3)OCC12. The quantitative estimate of drug-likeness (QED) is 0.779. The summed E-state index contributed by atoms with van der Waals surface area (Å²) in [5, 5.41) is 0. The first-order chi connectivity index (χ1) is 13.8. The van der Waals surface area contributed by atoms with Crippen LogP contribution < -0.4 is 9.46 Å². The van der Waals surface area contributed by atoms with Crippen LogP contribution in [0.25, 0.3) is 0 Å². The minimum atomic E-state index is -3.40. The molecule has 1 saturated heterocycles. The van der Waals surface area contributed by atoms with E-state index in [-0.39, 0.29) is 49.0 Å². The molecule has 29 heavy (non-hydrogen) atoms. The monoisotopic (exact) mass is 426 g/mol. The van der Waals surface area contributed by atoms with Crippen LogP contribution in [0.3, 0.4) is 0 Å². The van der Waals surface area contributed by atoms with Crippen molar-refractivity contribution in [1.82, 2.24) is 9.62 Å². The Labute approximate surface area is 170 Å². The molecule has 1 unspecified atom stereocenters. The molecule has 0 aromatic heterocycles. The molecule has 0 radical (unpaired) electrons. The molecule has 1 aromatic carbocycles. The molecule has 2 atom stereocenters. The molecular formula is C20H27FN2O5S. The number of nitrogens with zero attached hydrogens (tertiary/aromatic N) is 1. The molecule has 9 heteroatoms. The van der Waals surface area contributed by atoms with E-state index < -0.39 is 10.0 Å². The maximum atomic E-state index is 14.6. The first kappa shape index (κ1) is 20.6. The lowest BCUT2D eigenvalue weighted by molar-refractivity contribution is -0.136. The van der Waals surface area contributed by atoms with Crippen molar-refractivity contribution in [3.63, 3.8) is 0 Å². The molecule has 3 heterocycles. The summed E-state index contributed by atoms with van der Waals surface area (Å²) in [5.74, 6) is -0.0891. The maximum Gasteiger partial charge on any atom is 0.260 e. The first-order valence-corrected chi connectivity index (χ1v) is 12.0. The van der Waals surface area contributed by atoms with Crippen molar-refractivity contribution in [3.05, 3.63) is 29.6 Å². The number of carbonyl (C=O) groups excluding carboxylic acids is 1. The minimum absolute atomic E-state index is 0.0274. The second-order valence-corrected chi connectivity index (χ2v) is 9.97. The van der Waals surface area contributed by atoms with Gasteiger partial charge in [-0.25, -0.2) is 17.5 Å². The third-order valence-electron chi connectivity index (χ3n) is 6.18. The predicted octanol–water partition coefficient (Wildman–Crippen LogP) is 1.78. The van der Waals surface area contributed by atoms with Crippen LogP contribution in [0, 0.1) is 5.82 Å². The summed E-state index contributed by atoms with van der Waals surface area (Å²) >= 11 is 0. The summed E-state index contributed by atoms with van der Waals surface area (Å²) in [7, 11) is -3.40. The molecule has 7 nitrogen and oxygen atoms in total. The minimum Gasteiger partial charge on any atom is -0.483 e. The van der Waals surface area contributed by atoms with E-state index in [1.165, 1.54) is 6.07 Å². The molecule has 1 aromatic rings. The molecule has 1 amide bonds. The van der Waals surface area contributed by atoms with E-state index in [2.05, 4.69) is 4.72 Å². The number of hydrogen-bond acceptors (Lipinski definition) is 5. The highest BCUT2D eigenvalue weighted by molar-refractivity contribution is 7.88. The third-order valence-corrected chi connectivity index (χ3v) is 6.91. The number of hydrogen-bond donors (Lipinski definition) is 1. The molecule has 1 N–H and O–H groups in total. The van der Waals surface area contributed by atoms with Crippen LogP contribution in [-0.4, -0.2) is 63.4 Å². The Balaban J connectivity index is 1.61. The van der Waals surface area contributed by atoms with Crippen LogP contribution in [-0.2, 0) is 19.6 Å². The Morgan fingerprint density at radius 1 is 1.17 bits per heavy atom. The van der Waals surface area contributed by atoms with Crippen LogP contribution in [0.15, 0.2) is 18.2 Å². The molecule has 1 saturated carbocycles. The van der Waals surface area contributed by atoms with Crippen LogP contribution in [0.4, 0.5) is 4.39 Å². The molecule has 2 bridgehead atoms. The van der Waals surface area contributed by atoms with E-state index in [1.54, 1.807) is 17.0 Å². The van der Waals surface area contributed by atoms with Gasteiger partial charge in [0.1, 0.15) is 11.6 Å². The summed E-state index contributed by atoms with van der Waals surface area (Å²) in [4.78, 5) is 14.5. The summed E-state index contributed by atoms with van der Waals surface area (Å²) in [6, 6.07) is 3.97. The van der Waals surface area contributed by atoms with Crippen LogP contribution in [0.1, 0.15) is 43.6 Å². The van der Waals surface area contributed by atoms with Gasteiger partial charge in [-0.3, -0.25) is 4.79 Å². The Morgan fingerprint density at radius 2 is 1.93 bits per heavy atom. The second-order valence-electron chi connectivity index (χ2n) is 8.19. The Bertz CT molecular complexity index is 870. The fourth-order valence-corrected chi connectivity index (χ4v) is 5.62. The topological polar surface area (TPSA) is 84.9 Å². The summed E-state index contributed by atoms with van der Waals surface area (Å²) in [6.45, 7) is 0.483. The first-order valence-electron chi connectivity index (χ1n) is 10.1. The van der Waals surface area contributed by atoms with Crippen molar-refractivity contribution >= 4 is 15.9 Å². The predicted molar refractivity (Wildman–Crippen MR) is 105 cm³/mol. The smallest absolute Gasteiger partial charge is 0.260 e. The van der Waals surface area contributed by atoms with E-state index in [1.807, 2.05) is 0 Å². The molecule has 4 aliphatic rings. The lowest BCUT2D eigenvalue weighted by Gasteiger charge is -2.32. The number of nitrogens with one attached hydrogen (secondary N) is 1. The number of fused-ring (bicyclic) bond motifs is 5. The van der Waals surface area contributed by atoms with Crippen LogP contribution >= 0.6 is 0 Å². The second kappa shape index (κ2) is 8.20. The fraction of sp³-hybridized carbons (Fsp3) is 0.650. The third kappa shape index (κ3) is 4.57. The van der Waals surface area contributed by atoms with Crippen molar-refractivity contribution in [2.75, 3.05) is 26.0 Å². The lowest BCUT2D eigenvalue weighted by atomic mass is 9.82. The average molecular weight is 427 g/mol. The Morgan fingerprint density at radius 3 is 2.66 bits per heavy atom. The highest BCUT2D eigenvalue weighted by atomic mass is 32.2. The summed E-state index contributed by atoms with van der Waals surface area (Å²) in [6.07, 6.45) is 4.83. The van der Waals surface area contributed by atoms with E-state index >= 15 is 0 Å². The summed E-state index contributed by atoms with van der Waals surface area (Å²) in [5.41, 5.74) is 0.549. The van der Waals surface area contributed by atoms with Gasteiger partial charge in [0.05, 0.1) is 25.0 Å². The van der Waals surface area contributed by atoms with Gasteiger partial charge in [-0.05, 0) is 50.2 Å². The molecule has 0 spiro atoms. The van der Waals surface area contributed by atoms with Crippen molar-refractivity contribution < 1.29 is 27.1 Å². The summed E-state index contributed by atoms with van der Waals surface area (Å²) < 4.78 is 52.6. The zero-order valence-electron chi connectivity index (χ0n) is 16.5. The highest BCUT2D eigenvalue weighted by Crippen LogP contribution is 2.40. The van der Waals surface area contributed by atoms with Crippen molar-refractivity contribution in [3.8, 4) is 5.75 Å². The standard InChI is InChI=1S/C20H27FN2O5S/c1-29(25,26)22-16-9-10-23-17(16)11-27-14-7-5-13(6-8-14)20-15(21)3-2-4-18(20)28-12-19(23)24/h2-4,13-14,16-17,22H,5-12H2,1H3/t13?,14?,16-,17?/m0/s1. The van der Waals surface area contributed by atoms with Gasteiger partial charge in [0.15, 0.2) is 6.61 Å². The van der Waals surface area contributed by atoms with Gasteiger partial charge in [0, 0.05) is 18.2 Å². The Hall–Kier alpha value is -1.71. The molecule has 1 aliphatic carbocycles. The number of benzene rings is 1. The zero-order chi connectivity index (χ0) is 20.6. The van der Waals surface area contributed by atoms with Gasteiger partial charge in [-0.1, -0.05) is 6.07 Å². The Kier molecular flexibility index (Phi) is 5.81. The van der Waals surface area contributed by atoms with E-state index in [9.17, 15) is 17.6 Å². The normalized spacial score (nSPS) is 30.6. The zero-order valence-corrected chi connectivity index (χ0v) is 17.3. The number of halogens is 1. The van der Waals surface area contributed by atoms with Gasteiger partial charge in [-0.15, -0.1) is 0 Å². The average Bonchev–Trinajstić information content (AvgIpc) is 3.05.